The number of hydrogen-bond donors (Lipinski definition) is 0. The van der Waals surface area contributed by atoms with E-state index in [9.17, 15) is 14.7 Å². The third-order valence-corrected chi connectivity index (χ3v) is 3.94. The van der Waals surface area contributed by atoms with Crippen molar-refractivity contribution in [2.24, 2.45) is 7.05 Å². The van der Waals surface area contributed by atoms with Crippen molar-refractivity contribution >= 4 is 11.8 Å². The molecule has 1 aliphatic rings. The number of aryl methyl sites for hydroxylation is 1. The number of aliphatic carboxylic acids is 1. The molecular formula is C15H15N2NaO3. The summed E-state index contributed by atoms with van der Waals surface area (Å²) in [5.41, 5.74) is 1.82. The van der Waals surface area contributed by atoms with Gasteiger partial charge in [-0.15, -0.1) is 0 Å². The van der Waals surface area contributed by atoms with E-state index in [1.165, 1.54) is 0 Å². The molecule has 0 radical (unpaired) electrons. The number of rotatable bonds is 3. The van der Waals surface area contributed by atoms with Crippen LogP contribution in [0.3, 0.4) is 0 Å². The first kappa shape index (κ1) is 16.1. The molecule has 0 spiro atoms. The molecule has 6 heteroatoms. The number of fused-ring (bicyclic) bond motifs is 1. The quantitative estimate of drug-likeness (QED) is 0.472. The average Bonchev–Trinajstić information content (AvgIpc) is 3.03. The van der Waals surface area contributed by atoms with E-state index in [0.717, 1.165) is 6.42 Å². The van der Waals surface area contributed by atoms with Gasteiger partial charge in [-0.2, -0.15) is 0 Å². The van der Waals surface area contributed by atoms with Crippen molar-refractivity contribution in [1.29, 1.82) is 0 Å². The van der Waals surface area contributed by atoms with Gasteiger partial charge >= 0.3 is 29.6 Å². The van der Waals surface area contributed by atoms with Gasteiger partial charge in [-0.3, -0.25) is 4.79 Å². The van der Waals surface area contributed by atoms with Gasteiger partial charge in [0.05, 0.1) is 17.4 Å². The second-order valence-corrected chi connectivity index (χ2v) is 5.14. The molecule has 1 aliphatic heterocycles. The van der Waals surface area contributed by atoms with Crippen molar-refractivity contribution in [3.05, 3.63) is 47.5 Å². The molecule has 3 rings (SSSR count). The van der Waals surface area contributed by atoms with Gasteiger partial charge in [0.15, 0.2) is 0 Å². The van der Waals surface area contributed by atoms with Crippen LogP contribution in [0.25, 0.3) is 0 Å². The molecule has 0 bridgehead atoms. The smallest absolute Gasteiger partial charge is 0.549 e. The fraction of sp³-hybridized carbons (Fsp3) is 0.333. The van der Waals surface area contributed by atoms with Crippen LogP contribution >= 0.6 is 0 Å². The van der Waals surface area contributed by atoms with Crippen LogP contribution < -0.4 is 34.7 Å². The molecular weight excluding hydrogens is 279 g/mol. The molecule has 0 N–H and O–H groups in total. The molecule has 3 heterocycles. The number of hydrogen-bond acceptors (Lipinski definition) is 3. The summed E-state index contributed by atoms with van der Waals surface area (Å²) in [6, 6.07) is 7.03. The van der Waals surface area contributed by atoms with Crippen molar-refractivity contribution in [1.82, 2.24) is 9.13 Å². The SMILES string of the molecule is Cn1cccc1C(=O)c1ccc2n1CCCC2C(=O)[O-].[Na+]. The zero-order valence-electron chi connectivity index (χ0n) is 12.2. The van der Waals surface area contributed by atoms with Crippen LogP contribution in [0.1, 0.15) is 40.6 Å². The third-order valence-electron chi connectivity index (χ3n) is 3.94. The summed E-state index contributed by atoms with van der Waals surface area (Å²) < 4.78 is 3.58. The number of carbonyl (C=O) groups is 2. The number of nitrogens with zero attached hydrogens (tertiary/aromatic N) is 2. The zero-order chi connectivity index (χ0) is 14.3. The van der Waals surface area contributed by atoms with E-state index in [-0.39, 0.29) is 35.3 Å². The number of aromatic nitrogens is 2. The van der Waals surface area contributed by atoms with Gasteiger partial charge in [0.2, 0.25) is 5.78 Å². The number of carboxylic acid groups (broad SMARTS) is 1. The Morgan fingerprint density at radius 3 is 2.62 bits per heavy atom. The Bertz CT molecular complexity index is 687. The van der Waals surface area contributed by atoms with E-state index in [4.69, 9.17) is 0 Å². The summed E-state index contributed by atoms with van der Waals surface area (Å²) in [4.78, 5) is 23.7. The molecule has 0 saturated heterocycles. The molecule has 5 nitrogen and oxygen atoms in total. The molecule has 0 saturated carbocycles. The van der Waals surface area contributed by atoms with E-state index in [1.54, 1.807) is 22.8 Å². The molecule has 2 aromatic heterocycles. The molecule has 0 aromatic carbocycles. The van der Waals surface area contributed by atoms with Crippen molar-refractivity contribution in [2.45, 2.75) is 25.3 Å². The number of carboxylic acids is 1. The third kappa shape index (κ3) is 2.73. The second-order valence-electron chi connectivity index (χ2n) is 5.14. The Morgan fingerprint density at radius 2 is 2.00 bits per heavy atom. The largest absolute Gasteiger partial charge is 1.00 e. The van der Waals surface area contributed by atoms with Crippen LogP contribution in [-0.4, -0.2) is 20.9 Å². The minimum Gasteiger partial charge on any atom is -0.549 e. The molecule has 1 unspecified atom stereocenters. The number of carbonyl (C=O) groups excluding carboxylic acids is 2. The van der Waals surface area contributed by atoms with Gasteiger partial charge in [0, 0.05) is 31.4 Å². The normalized spacial score (nSPS) is 16.9. The molecule has 21 heavy (non-hydrogen) atoms. The Kier molecular flexibility index (Phi) is 4.76. The maximum Gasteiger partial charge on any atom is 1.00 e. The van der Waals surface area contributed by atoms with Crippen molar-refractivity contribution in [3.8, 4) is 0 Å². The van der Waals surface area contributed by atoms with Crippen molar-refractivity contribution < 1.29 is 44.3 Å². The topological polar surface area (TPSA) is 67.1 Å². The molecule has 2 aromatic rings. The Labute approximate surface area is 144 Å². The Hall–Kier alpha value is -1.30. The van der Waals surface area contributed by atoms with Crippen LogP contribution in [-0.2, 0) is 18.4 Å². The monoisotopic (exact) mass is 294 g/mol. The van der Waals surface area contributed by atoms with Crippen molar-refractivity contribution in [2.75, 3.05) is 0 Å². The van der Waals surface area contributed by atoms with Gasteiger partial charge < -0.3 is 19.0 Å². The van der Waals surface area contributed by atoms with Gasteiger partial charge in [0.1, 0.15) is 0 Å². The average molecular weight is 294 g/mol. The molecule has 0 aliphatic carbocycles. The van der Waals surface area contributed by atoms with Crippen LogP contribution in [0.4, 0.5) is 0 Å². The minimum atomic E-state index is -1.07. The first-order valence-electron chi connectivity index (χ1n) is 6.66. The summed E-state index contributed by atoms with van der Waals surface area (Å²) >= 11 is 0. The summed E-state index contributed by atoms with van der Waals surface area (Å²) in [7, 11) is 1.82. The minimum absolute atomic E-state index is 0. The van der Waals surface area contributed by atoms with Gasteiger partial charge in [-0.05, 0) is 37.1 Å². The standard InChI is InChI=1S/C15H16N2O3.Na/c1-16-8-3-5-12(16)14(18)13-7-6-11-10(15(19)20)4-2-9-17(11)13;/h3,5-8,10H,2,4,9H2,1H3,(H,19,20);/q;+1/p-1. The van der Waals surface area contributed by atoms with Crippen LogP contribution in [0.5, 0.6) is 0 Å². The maximum atomic E-state index is 12.5. The summed E-state index contributed by atoms with van der Waals surface area (Å²) in [6.07, 6.45) is 3.13. The Morgan fingerprint density at radius 1 is 1.24 bits per heavy atom. The first-order valence-corrected chi connectivity index (χ1v) is 6.66. The maximum absolute atomic E-state index is 12.5. The number of ketones is 1. The van der Waals surface area contributed by atoms with Gasteiger partial charge in [0.25, 0.3) is 0 Å². The van der Waals surface area contributed by atoms with E-state index in [0.29, 0.717) is 30.0 Å². The molecule has 1 atom stereocenters. The van der Waals surface area contributed by atoms with E-state index in [2.05, 4.69) is 0 Å². The fourth-order valence-corrected chi connectivity index (χ4v) is 2.90. The summed E-state index contributed by atoms with van der Waals surface area (Å²) in [5.74, 6) is -1.76. The zero-order valence-corrected chi connectivity index (χ0v) is 14.2. The predicted octanol–water partition coefficient (Wildman–Crippen LogP) is -2.31. The van der Waals surface area contributed by atoms with Crippen LogP contribution in [0.15, 0.2) is 30.5 Å². The first-order chi connectivity index (χ1) is 9.59. The Balaban J connectivity index is 0.00000161. The molecule has 0 amide bonds. The van der Waals surface area contributed by atoms with Crippen LogP contribution in [0.2, 0.25) is 0 Å². The van der Waals surface area contributed by atoms with E-state index in [1.807, 2.05) is 23.9 Å². The van der Waals surface area contributed by atoms with Gasteiger partial charge in [-0.1, -0.05) is 0 Å². The summed E-state index contributed by atoms with van der Waals surface area (Å²) in [5, 5.41) is 11.2. The fourth-order valence-electron chi connectivity index (χ4n) is 2.90. The van der Waals surface area contributed by atoms with E-state index < -0.39 is 11.9 Å². The van der Waals surface area contributed by atoms with Gasteiger partial charge in [-0.25, -0.2) is 0 Å². The molecule has 104 valence electrons. The van der Waals surface area contributed by atoms with Crippen LogP contribution in [0, 0.1) is 0 Å². The van der Waals surface area contributed by atoms with Crippen molar-refractivity contribution in [3.63, 3.8) is 0 Å². The van der Waals surface area contributed by atoms with E-state index >= 15 is 0 Å². The summed E-state index contributed by atoms with van der Waals surface area (Å²) in [6.45, 7) is 0.678. The predicted molar refractivity (Wildman–Crippen MR) is 70.3 cm³/mol. The molecule has 0 fully saturated rings. The second kappa shape index (κ2) is 6.22.